The van der Waals surface area contributed by atoms with Crippen molar-refractivity contribution in [3.63, 3.8) is 0 Å². The molecule has 1 aliphatic heterocycles. The molecule has 1 saturated heterocycles. The Morgan fingerprint density at radius 1 is 1.52 bits per heavy atom. The molecule has 134 valence electrons. The van der Waals surface area contributed by atoms with Gasteiger partial charge >= 0.3 is 5.97 Å². The number of amidine groups is 1. The molecule has 0 spiro atoms. The van der Waals surface area contributed by atoms with Crippen molar-refractivity contribution in [2.24, 2.45) is 10.2 Å². The second-order valence-corrected chi connectivity index (χ2v) is 6.43. The van der Waals surface area contributed by atoms with Crippen LogP contribution in [0.15, 0.2) is 28.4 Å². The van der Waals surface area contributed by atoms with Crippen molar-refractivity contribution in [1.82, 2.24) is 5.32 Å². The standard InChI is InChI=1S/C16H18FN3O4S/c1-2-5-24-9-11-6-12(17)4-3-10(11)8-18-20-16-19-15(23)13(25-16)7-14(21)22/h3-4,6,8,13H,2,5,7,9H2,1H3,(H,21,22)(H,19,20,23). The topological polar surface area (TPSA) is 100 Å². The molecule has 9 heteroatoms. The summed E-state index contributed by atoms with van der Waals surface area (Å²) < 4.78 is 18.8. The van der Waals surface area contributed by atoms with Crippen LogP contribution in [0.3, 0.4) is 0 Å². The molecule has 1 fully saturated rings. The number of hydrogen-bond donors (Lipinski definition) is 2. The van der Waals surface area contributed by atoms with E-state index < -0.39 is 17.1 Å². The number of nitrogens with one attached hydrogen (secondary N) is 1. The van der Waals surface area contributed by atoms with Crippen molar-refractivity contribution >= 4 is 35.0 Å². The number of carboxylic acids is 1. The predicted octanol–water partition coefficient (Wildman–Crippen LogP) is 2.15. The van der Waals surface area contributed by atoms with Crippen molar-refractivity contribution in [2.45, 2.75) is 31.6 Å². The molecule has 1 aliphatic rings. The number of thioether (sulfide) groups is 1. The number of carbonyl (C=O) groups is 2. The summed E-state index contributed by atoms with van der Waals surface area (Å²) in [7, 11) is 0. The molecule has 7 nitrogen and oxygen atoms in total. The molecule has 25 heavy (non-hydrogen) atoms. The normalized spacial score (nSPS) is 18.9. The highest BCUT2D eigenvalue weighted by atomic mass is 32.2. The van der Waals surface area contributed by atoms with Gasteiger partial charge in [0.15, 0.2) is 5.17 Å². The van der Waals surface area contributed by atoms with Gasteiger partial charge in [0, 0.05) is 12.2 Å². The third kappa shape index (κ3) is 5.95. The second-order valence-electron chi connectivity index (χ2n) is 5.24. The Labute approximate surface area is 148 Å². The molecule has 0 bridgehead atoms. The molecule has 0 aromatic heterocycles. The van der Waals surface area contributed by atoms with Gasteiger partial charge in [-0.3, -0.25) is 9.59 Å². The molecule has 2 N–H and O–H groups in total. The first-order valence-electron chi connectivity index (χ1n) is 7.66. The van der Waals surface area contributed by atoms with E-state index in [-0.39, 0.29) is 24.0 Å². The predicted molar refractivity (Wildman–Crippen MR) is 93.2 cm³/mol. The summed E-state index contributed by atoms with van der Waals surface area (Å²) in [5, 5.41) is 18.5. The fourth-order valence-corrected chi connectivity index (χ4v) is 2.96. The minimum atomic E-state index is -1.06. The third-order valence-corrected chi connectivity index (χ3v) is 4.27. The quantitative estimate of drug-likeness (QED) is 0.417. The van der Waals surface area contributed by atoms with Crippen molar-refractivity contribution < 1.29 is 23.8 Å². The number of halogens is 1. The number of amides is 1. The molecule has 2 rings (SSSR count). The smallest absolute Gasteiger partial charge is 0.305 e. The summed E-state index contributed by atoms with van der Waals surface area (Å²) in [6.45, 7) is 2.81. The molecule has 0 aliphatic carbocycles. The highest BCUT2D eigenvalue weighted by Crippen LogP contribution is 2.22. The van der Waals surface area contributed by atoms with Crippen LogP contribution in [-0.4, -0.2) is 40.2 Å². The SMILES string of the molecule is CCCOCc1cc(F)ccc1C=NN=C1NC(=O)C(CC(=O)O)S1. The molecule has 1 unspecified atom stereocenters. The van der Waals surface area contributed by atoms with Gasteiger partial charge < -0.3 is 15.2 Å². The largest absolute Gasteiger partial charge is 0.481 e. The summed E-state index contributed by atoms with van der Waals surface area (Å²) in [4.78, 5) is 22.3. The molecular weight excluding hydrogens is 349 g/mol. The van der Waals surface area contributed by atoms with Gasteiger partial charge in [-0.1, -0.05) is 24.8 Å². The van der Waals surface area contributed by atoms with Gasteiger partial charge in [-0.2, -0.15) is 5.10 Å². The van der Waals surface area contributed by atoms with Crippen LogP contribution >= 0.6 is 11.8 Å². The average molecular weight is 367 g/mol. The maximum atomic E-state index is 13.4. The van der Waals surface area contributed by atoms with E-state index in [1.807, 2.05) is 6.92 Å². The fraction of sp³-hybridized carbons (Fsp3) is 0.375. The van der Waals surface area contributed by atoms with Crippen LogP contribution in [0.1, 0.15) is 30.9 Å². The van der Waals surface area contributed by atoms with Gasteiger partial charge in [0.2, 0.25) is 5.91 Å². The van der Waals surface area contributed by atoms with Crippen molar-refractivity contribution in [3.8, 4) is 0 Å². The average Bonchev–Trinajstić information content (AvgIpc) is 2.89. The number of carbonyl (C=O) groups excluding carboxylic acids is 1. The maximum Gasteiger partial charge on any atom is 0.305 e. The zero-order valence-electron chi connectivity index (χ0n) is 13.6. The minimum Gasteiger partial charge on any atom is -0.481 e. The molecule has 1 aromatic carbocycles. The molecule has 1 heterocycles. The summed E-state index contributed by atoms with van der Waals surface area (Å²) >= 11 is 1.02. The van der Waals surface area contributed by atoms with E-state index in [0.717, 1.165) is 18.2 Å². The number of rotatable bonds is 8. The van der Waals surface area contributed by atoms with Gasteiger partial charge in [0.05, 0.1) is 19.2 Å². The number of ether oxygens (including phenoxy) is 1. The lowest BCUT2D eigenvalue weighted by atomic mass is 10.1. The molecule has 1 aromatic rings. The Morgan fingerprint density at radius 3 is 3.04 bits per heavy atom. The summed E-state index contributed by atoms with van der Waals surface area (Å²) in [5.41, 5.74) is 1.29. The summed E-state index contributed by atoms with van der Waals surface area (Å²) in [5.74, 6) is -1.83. The lowest BCUT2D eigenvalue weighted by molar-refractivity contribution is -0.138. The van der Waals surface area contributed by atoms with Gasteiger partial charge in [-0.05, 0) is 24.1 Å². The van der Waals surface area contributed by atoms with E-state index >= 15 is 0 Å². The Bertz CT molecular complexity index is 709. The number of nitrogens with zero attached hydrogens (tertiary/aromatic N) is 2. The van der Waals surface area contributed by atoms with E-state index in [1.165, 1.54) is 18.3 Å². The zero-order valence-corrected chi connectivity index (χ0v) is 14.4. The summed E-state index contributed by atoms with van der Waals surface area (Å²) in [6, 6.07) is 4.25. The van der Waals surface area contributed by atoms with E-state index in [4.69, 9.17) is 9.84 Å². The Balaban J connectivity index is 2.04. The molecule has 1 amide bonds. The number of hydrogen-bond acceptors (Lipinski definition) is 6. The van der Waals surface area contributed by atoms with Gasteiger partial charge in [-0.25, -0.2) is 4.39 Å². The number of aliphatic carboxylic acids is 1. The van der Waals surface area contributed by atoms with Crippen molar-refractivity contribution in [1.29, 1.82) is 0 Å². The summed E-state index contributed by atoms with van der Waals surface area (Å²) in [6.07, 6.45) is 2.02. The van der Waals surface area contributed by atoms with Crippen molar-refractivity contribution in [3.05, 3.63) is 35.1 Å². The van der Waals surface area contributed by atoms with E-state index in [0.29, 0.717) is 17.7 Å². The first-order chi connectivity index (χ1) is 12.0. The van der Waals surface area contributed by atoms with Crippen LogP contribution in [-0.2, 0) is 20.9 Å². The van der Waals surface area contributed by atoms with Gasteiger partial charge in [0.1, 0.15) is 11.1 Å². The van der Waals surface area contributed by atoms with E-state index in [1.54, 1.807) is 6.07 Å². The monoisotopic (exact) mass is 367 g/mol. The van der Waals surface area contributed by atoms with Gasteiger partial charge in [0.25, 0.3) is 0 Å². The van der Waals surface area contributed by atoms with Crippen LogP contribution in [0, 0.1) is 5.82 Å². The number of benzene rings is 1. The molecule has 1 atom stereocenters. The van der Waals surface area contributed by atoms with Crippen LogP contribution in [0.25, 0.3) is 0 Å². The second kappa shape index (κ2) is 9.28. The van der Waals surface area contributed by atoms with Crippen LogP contribution in [0.5, 0.6) is 0 Å². The number of carboxylic acid groups (broad SMARTS) is 1. The molecule has 0 saturated carbocycles. The van der Waals surface area contributed by atoms with Crippen molar-refractivity contribution in [2.75, 3.05) is 6.61 Å². The third-order valence-electron chi connectivity index (χ3n) is 3.19. The van der Waals surface area contributed by atoms with Crippen LogP contribution in [0.4, 0.5) is 4.39 Å². The van der Waals surface area contributed by atoms with Crippen LogP contribution in [0.2, 0.25) is 0 Å². The maximum absolute atomic E-state index is 13.4. The Kier molecular flexibility index (Phi) is 7.08. The lowest BCUT2D eigenvalue weighted by Crippen LogP contribution is -2.26. The first kappa shape index (κ1) is 19.1. The van der Waals surface area contributed by atoms with Crippen LogP contribution < -0.4 is 5.32 Å². The zero-order chi connectivity index (χ0) is 18.2. The fourth-order valence-electron chi connectivity index (χ4n) is 2.04. The Morgan fingerprint density at radius 2 is 2.32 bits per heavy atom. The first-order valence-corrected chi connectivity index (χ1v) is 8.54. The lowest BCUT2D eigenvalue weighted by Gasteiger charge is -2.06. The highest BCUT2D eigenvalue weighted by Gasteiger charge is 2.32. The highest BCUT2D eigenvalue weighted by molar-refractivity contribution is 8.15. The van der Waals surface area contributed by atoms with Gasteiger partial charge in [-0.15, -0.1) is 5.10 Å². The molecular formula is C16H18FN3O4S. The van der Waals surface area contributed by atoms with E-state index in [2.05, 4.69) is 15.5 Å². The minimum absolute atomic E-state index is 0.235. The molecule has 0 radical (unpaired) electrons. The Hall–Kier alpha value is -2.26. The van der Waals surface area contributed by atoms with E-state index in [9.17, 15) is 14.0 Å².